The number of likely N-dealkylation sites (N-methyl/N-ethyl adjacent to an activating group) is 1. The molecule has 0 radical (unpaired) electrons. The first-order valence-corrected chi connectivity index (χ1v) is 5.77. The number of nitrogens with one attached hydrogen (secondary N) is 1. The second-order valence-corrected chi connectivity index (χ2v) is 5.28. The highest BCUT2D eigenvalue weighted by Gasteiger charge is 2.43. The topological polar surface area (TPSA) is 35.6 Å². The van der Waals surface area contributed by atoms with Crippen LogP contribution in [-0.4, -0.2) is 54.1 Å². The van der Waals surface area contributed by atoms with Crippen molar-refractivity contribution in [2.45, 2.75) is 38.3 Å². The quantitative estimate of drug-likeness (QED) is 0.699. The number of hydrogen-bond donors (Lipinski definition) is 1. The number of urea groups is 1. The van der Waals surface area contributed by atoms with E-state index < -0.39 is 0 Å². The molecular weight excluding hydrogens is 190 g/mol. The van der Waals surface area contributed by atoms with Crippen molar-refractivity contribution in [2.24, 2.45) is 0 Å². The van der Waals surface area contributed by atoms with Crippen molar-refractivity contribution in [3.05, 3.63) is 0 Å². The van der Waals surface area contributed by atoms with Gasteiger partial charge < -0.3 is 15.1 Å². The van der Waals surface area contributed by atoms with Crippen molar-refractivity contribution >= 4 is 6.03 Å². The van der Waals surface area contributed by atoms with Crippen molar-refractivity contribution < 1.29 is 4.79 Å². The van der Waals surface area contributed by atoms with Crippen molar-refractivity contribution in [1.82, 2.24) is 15.1 Å². The van der Waals surface area contributed by atoms with Gasteiger partial charge in [0.2, 0.25) is 0 Å². The Labute approximate surface area is 91.6 Å². The Kier molecular flexibility index (Phi) is 2.63. The Morgan fingerprint density at radius 2 is 2.20 bits per heavy atom. The summed E-state index contributed by atoms with van der Waals surface area (Å²) in [5, 5.41) is 3.36. The van der Waals surface area contributed by atoms with Gasteiger partial charge in [-0.15, -0.1) is 0 Å². The Morgan fingerprint density at radius 1 is 1.47 bits per heavy atom. The fraction of sp³-hybridized carbons (Fsp3) is 0.909. The number of carbonyl (C=O) groups excluding carboxylic acids is 1. The van der Waals surface area contributed by atoms with Crippen LogP contribution in [0, 0.1) is 0 Å². The third-order valence-corrected chi connectivity index (χ3v) is 3.71. The van der Waals surface area contributed by atoms with E-state index >= 15 is 0 Å². The fourth-order valence-corrected chi connectivity index (χ4v) is 2.43. The molecule has 2 aliphatic heterocycles. The van der Waals surface area contributed by atoms with Crippen LogP contribution >= 0.6 is 0 Å². The molecule has 2 rings (SSSR count). The van der Waals surface area contributed by atoms with Crippen LogP contribution in [0.3, 0.4) is 0 Å². The first kappa shape index (κ1) is 10.7. The van der Waals surface area contributed by atoms with Crippen LogP contribution in [0.15, 0.2) is 0 Å². The van der Waals surface area contributed by atoms with Crippen molar-refractivity contribution in [1.29, 1.82) is 0 Å². The maximum Gasteiger partial charge on any atom is 0.320 e. The van der Waals surface area contributed by atoms with Gasteiger partial charge in [0.25, 0.3) is 0 Å². The summed E-state index contributed by atoms with van der Waals surface area (Å²) in [6.45, 7) is 7.16. The maximum atomic E-state index is 12.0. The predicted octanol–water partition coefficient (Wildman–Crippen LogP) is 0.884. The fourth-order valence-electron chi connectivity index (χ4n) is 2.43. The lowest BCUT2D eigenvalue weighted by Crippen LogP contribution is -2.47. The van der Waals surface area contributed by atoms with E-state index in [2.05, 4.69) is 19.2 Å². The van der Waals surface area contributed by atoms with Gasteiger partial charge in [0.05, 0.1) is 5.54 Å². The Bertz CT molecular complexity index is 259. The zero-order valence-electron chi connectivity index (χ0n) is 9.92. The summed E-state index contributed by atoms with van der Waals surface area (Å²) in [6.07, 6.45) is 2.32. The van der Waals surface area contributed by atoms with Gasteiger partial charge >= 0.3 is 6.03 Å². The van der Waals surface area contributed by atoms with E-state index in [1.54, 1.807) is 0 Å². The van der Waals surface area contributed by atoms with E-state index in [1.165, 1.54) is 6.42 Å². The van der Waals surface area contributed by atoms with Crippen LogP contribution in [0.25, 0.3) is 0 Å². The minimum atomic E-state index is -0.0193. The summed E-state index contributed by atoms with van der Waals surface area (Å²) in [5.41, 5.74) is -0.0193. The lowest BCUT2D eigenvalue weighted by atomic mass is 10.0. The first-order chi connectivity index (χ1) is 7.02. The highest BCUT2D eigenvalue weighted by atomic mass is 16.2. The Balaban J connectivity index is 2.07. The summed E-state index contributed by atoms with van der Waals surface area (Å²) in [7, 11) is 1.90. The minimum absolute atomic E-state index is 0.0193. The molecule has 1 N–H and O–H groups in total. The van der Waals surface area contributed by atoms with E-state index in [0.717, 1.165) is 26.1 Å². The number of amides is 2. The third kappa shape index (κ3) is 1.83. The van der Waals surface area contributed by atoms with E-state index in [4.69, 9.17) is 0 Å². The monoisotopic (exact) mass is 211 g/mol. The zero-order chi connectivity index (χ0) is 11.1. The van der Waals surface area contributed by atoms with Gasteiger partial charge in [-0.2, -0.15) is 0 Å². The maximum absolute atomic E-state index is 12.0. The lowest BCUT2D eigenvalue weighted by molar-refractivity contribution is 0.170. The molecule has 0 aromatic heterocycles. The largest absolute Gasteiger partial charge is 0.321 e. The molecule has 2 saturated heterocycles. The molecular formula is C11H21N3O. The molecule has 0 saturated carbocycles. The molecule has 86 valence electrons. The Morgan fingerprint density at radius 3 is 2.67 bits per heavy atom. The number of hydrogen-bond acceptors (Lipinski definition) is 2. The first-order valence-electron chi connectivity index (χ1n) is 5.77. The lowest BCUT2D eigenvalue weighted by Gasteiger charge is -2.31. The number of piperidine rings is 1. The molecule has 0 aromatic carbocycles. The van der Waals surface area contributed by atoms with Gasteiger partial charge in [-0.1, -0.05) is 0 Å². The summed E-state index contributed by atoms with van der Waals surface area (Å²) < 4.78 is 0. The molecule has 2 heterocycles. The van der Waals surface area contributed by atoms with E-state index in [-0.39, 0.29) is 11.6 Å². The number of rotatable bonds is 1. The second-order valence-electron chi connectivity index (χ2n) is 5.28. The van der Waals surface area contributed by atoms with Gasteiger partial charge in [-0.05, 0) is 33.2 Å². The number of carbonyl (C=O) groups is 1. The SMILES string of the molecule is CN1C(=O)N([C@H]2CCCNC2)CC1(C)C. The minimum Gasteiger partial charge on any atom is -0.321 e. The summed E-state index contributed by atoms with van der Waals surface area (Å²) >= 11 is 0. The van der Waals surface area contributed by atoms with Crippen molar-refractivity contribution in [3.63, 3.8) is 0 Å². The van der Waals surface area contributed by atoms with Crippen LogP contribution in [-0.2, 0) is 0 Å². The predicted molar refractivity (Wildman–Crippen MR) is 59.8 cm³/mol. The molecule has 2 amide bonds. The van der Waals surface area contributed by atoms with Crippen LogP contribution in [0.1, 0.15) is 26.7 Å². The molecule has 0 aromatic rings. The molecule has 0 spiro atoms. The molecule has 15 heavy (non-hydrogen) atoms. The van der Waals surface area contributed by atoms with Crippen molar-refractivity contribution in [3.8, 4) is 0 Å². The molecule has 0 aliphatic carbocycles. The van der Waals surface area contributed by atoms with Crippen LogP contribution in [0.2, 0.25) is 0 Å². The zero-order valence-corrected chi connectivity index (χ0v) is 9.92. The second kappa shape index (κ2) is 3.67. The standard InChI is InChI=1S/C11H21N3O/c1-11(2)8-14(10(15)13(11)3)9-5-4-6-12-7-9/h9,12H,4-8H2,1-3H3/t9-/m0/s1. The molecule has 0 bridgehead atoms. The van der Waals surface area contributed by atoms with Gasteiger partial charge in [0, 0.05) is 26.2 Å². The van der Waals surface area contributed by atoms with Crippen LogP contribution < -0.4 is 5.32 Å². The van der Waals surface area contributed by atoms with E-state index in [0.29, 0.717) is 6.04 Å². The van der Waals surface area contributed by atoms with E-state index in [9.17, 15) is 4.79 Å². The third-order valence-electron chi connectivity index (χ3n) is 3.71. The average molecular weight is 211 g/mol. The highest BCUT2D eigenvalue weighted by molar-refractivity contribution is 5.78. The van der Waals surface area contributed by atoms with Gasteiger partial charge in [0.1, 0.15) is 0 Å². The highest BCUT2D eigenvalue weighted by Crippen LogP contribution is 2.27. The number of nitrogens with zero attached hydrogens (tertiary/aromatic N) is 2. The molecule has 2 aliphatic rings. The van der Waals surface area contributed by atoms with E-state index in [1.807, 2.05) is 16.8 Å². The van der Waals surface area contributed by atoms with Gasteiger partial charge in [0.15, 0.2) is 0 Å². The smallest absolute Gasteiger partial charge is 0.320 e. The van der Waals surface area contributed by atoms with Gasteiger partial charge in [-0.3, -0.25) is 0 Å². The van der Waals surface area contributed by atoms with Crippen molar-refractivity contribution in [2.75, 3.05) is 26.7 Å². The van der Waals surface area contributed by atoms with Gasteiger partial charge in [-0.25, -0.2) is 4.79 Å². The molecule has 2 fully saturated rings. The summed E-state index contributed by atoms with van der Waals surface area (Å²) in [5.74, 6) is 0. The Hall–Kier alpha value is -0.770. The summed E-state index contributed by atoms with van der Waals surface area (Å²) in [6, 6.07) is 0.587. The molecule has 1 atom stereocenters. The summed E-state index contributed by atoms with van der Waals surface area (Å²) in [4.78, 5) is 15.9. The normalized spacial score (nSPS) is 31.1. The molecule has 0 unspecified atom stereocenters. The van der Waals surface area contributed by atoms with Crippen LogP contribution in [0.5, 0.6) is 0 Å². The van der Waals surface area contributed by atoms with Crippen LogP contribution in [0.4, 0.5) is 4.79 Å². The molecule has 4 nitrogen and oxygen atoms in total. The average Bonchev–Trinajstić information content (AvgIpc) is 2.44. The molecule has 4 heteroatoms.